The maximum Gasteiger partial charge on any atom is 0.213 e. The van der Waals surface area contributed by atoms with E-state index in [4.69, 9.17) is 14.5 Å². The fourth-order valence-corrected chi connectivity index (χ4v) is 8.46. The van der Waals surface area contributed by atoms with E-state index in [1.807, 2.05) is 6.20 Å². The van der Waals surface area contributed by atoms with Crippen LogP contribution < -0.4 is 9.47 Å². The monoisotopic (exact) mass is 605 g/mol. The number of nitrogens with zero attached hydrogens (tertiary/aromatic N) is 1. The summed E-state index contributed by atoms with van der Waals surface area (Å²) in [5.74, 6) is 3.81. The number of fused-ring (bicyclic) bond motifs is 1. The van der Waals surface area contributed by atoms with Crippen molar-refractivity contribution in [2.45, 2.75) is 167 Å². The summed E-state index contributed by atoms with van der Waals surface area (Å²) in [6.07, 6.45) is 31.2. The Bertz CT molecular complexity index is 1020. The molecule has 3 nitrogen and oxygen atoms in total. The van der Waals surface area contributed by atoms with Crippen LogP contribution in [0.15, 0.2) is 36.5 Å². The van der Waals surface area contributed by atoms with Gasteiger partial charge in [-0.1, -0.05) is 155 Å². The fourth-order valence-electron chi connectivity index (χ4n) is 6.73. The van der Waals surface area contributed by atoms with Gasteiger partial charge < -0.3 is 9.47 Å². The van der Waals surface area contributed by atoms with Gasteiger partial charge >= 0.3 is 0 Å². The van der Waals surface area contributed by atoms with Crippen molar-refractivity contribution in [1.82, 2.24) is 4.98 Å². The first-order chi connectivity index (χ1) is 21.1. The van der Waals surface area contributed by atoms with E-state index in [2.05, 4.69) is 51.1 Å². The van der Waals surface area contributed by atoms with Gasteiger partial charge in [-0.25, -0.2) is 0 Å². The number of aromatic nitrogens is 1. The highest BCUT2D eigenvalue weighted by molar-refractivity contribution is 6.38. The maximum atomic E-state index is 6.31. The first-order valence-electron chi connectivity index (χ1n) is 18.5. The Kier molecular flexibility index (Phi) is 15.5. The van der Waals surface area contributed by atoms with Crippen LogP contribution in [0.4, 0.5) is 0 Å². The standard InChI is InChI=1S/C39H63NO2Si/c1-4-5-13-18-31(2)19-14-11-12-15-20-32(3)43-39-41-37-28-26-34(29-38(37)42-39)35-25-27-36(40-30-35)22-17-10-8-6-7-9-16-21-33-23-24-33/h25-33,39H,4-24,43H2,1-3H3. The molecule has 0 saturated heterocycles. The van der Waals surface area contributed by atoms with Gasteiger partial charge in [0.15, 0.2) is 11.5 Å². The molecule has 2 aromatic rings. The van der Waals surface area contributed by atoms with Crippen molar-refractivity contribution >= 4 is 9.52 Å². The van der Waals surface area contributed by atoms with Crippen molar-refractivity contribution in [3.8, 4) is 22.6 Å². The van der Waals surface area contributed by atoms with Gasteiger partial charge in [0, 0.05) is 17.5 Å². The zero-order valence-electron chi connectivity index (χ0n) is 28.1. The Morgan fingerprint density at radius 3 is 2.09 bits per heavy atom. The van der Waals surface area contributed by atoms with E-state index < -0.39 is 9.52 Å². The van der Waals surface area contributed by atoms with E-state index in [9.17, 15) is 0 Å². The van der Waals surface area contributed by atoms with Gasteiger partial charge in [-0.05, 0) is 54.0 Å². The number of rotatable bonds is 24. The zero-order valence-corrected chi connectivity index (χ0v) is 29.5. The second-order valence-electron chi connectivity index (χ2n) is 14.3. The highest BCUT2D eigenvalue weighted by Crippen LogP contribution is 2.39. The molecule has 1 aliphatic carbocycles. The summed E-state index contributed by atoms with van der Waals surface area (Å²) >= 11 is 0. The molecule has 1 aromatic heterocycles. The molecule has 4 rings (SSSR count). The molecular weight excluding hydrogens is 543 g/mol. The number of pyridine rings is 1. The third kappa shape index (κ3) is 13.4. The van der Waals surface area contributed by atoms with Crippen molar-refractivity contribution in [2.24, 2.45) is 11.8 Å². The number of hydrogen-bond acceptors (Lipinski definition) is 3. The molecule has 4 heteroatoms. The van der Waals surface area contributed by atoms with Gasteiger partial charge in [-0.3, -0.25) is 4.98 Å². The Hall–Kier alpha value is -1.81. The number of benzene rings is 1. The Morgan fingerprint density at radius 2 is 1.37 bits per heavy atom. The predicted octanol–water partition coefficient (Wildman–Crippen LogP) is 11.4. The summed E-state index contributed by atoms with van der Waals surface area (Å²) in [7, 11) is -0.473. The Morgan fingerprint density at radius 1 is 0.721 bits per heavy atom. The zero-order chi connectivity index (χ0) is 30.1. The summed E-state index contributed by atoms with van der Waals surface area (Å²) in [6, 6.07) is 10.8. The minimum atomic E-state index is -0.473. The molecule has 0 N–H and O–H groups in total. The van der Waals surface area contributed by atoms with E-state index in [0.717, 1.165) is 46.4 Å². The molecule has 0 radical (unpaired) electrons. The second kappa shape index (κ2) is 19.5. The quantitative estimate of drug-likeness (QED) is 0.0881. The molecular formula is C39H63NO2Si. The van der Waals surface area contributed by atoms with Crippen LogP contribution in [-0.4, -0.2) is 20.4 Å². The Labute approximate surface area is 267 Å². The van der Waals surface area contributed by atoms with Crippen LogP contribution in [-0.2, 0) is 6.42 Å². The minimum absolute atomic E-state index is 0.0209. The summed E-state index contributed by atoms with van der Waals surface area (Å²) < 4.78 is 12.5. The number of aryl methyl sites for hydroxylation is 1. The van der Waals surface area contributed by atoms with Crippen LogP contribution in [0.3, 0.4) is 0 Å². The molecule has 1 aliphatic heterocycles. The highest BCUT2D eigenvalue weighted by atomic mass is 28.2. The molecule has 1 aromatic carbocycles. The average molecular weight is 606 g/mol. The fraction of sp³-hybridized carbons (Fsp3) is 0.718. The molecule has 240 valence electrons. The normalized spacial score (nSPS) is 17.6. The van der Waals surface area contributed by atoms with Gasteiger partial charge in [0.05, 0.1) is 0 Å². The summed E-state index contributed by atoms with van der Waals surface area (Å²) in [5, 5.41) is 0. The molecule has 0 spiro atoms. The smallest absolute Gasteiger partial charge is 0.213 e. The maximum absolute atomic E-state index is 6.31. The molecule has 3 unspecified atom stereocenters. The summed E-state index contributed by atoms with van der Waals surface area (Å²) in [6.45, 7) is 7.15. The van der Waals surface area contributed by atoms with Crippen LogP contribution in [0, 0.1) is 11.8 Å². The van der Waals surface area contributed by atoms with Crippen LogP contribution in [0.1, 0.15) is 155 Å². The van der Waals surface area contributed by atoms with Crippen molar-refractivity contribution in [3.05, 3.63) is 42.2 Å². The molecule has 3 atom stereocenters. The lowest BCUT2D eigenvalue weighted by molar-refractivity contribution is 0.122. The molecule has 0 amide bonds. The lowest BCUT2D eigenvalue weighted by Gasteiger charge is -2.15. The van der Waals surface area contributed by atoms with Crippen LogP contribution >= 0.6 is 0 Å². The van der Waals surface area contributed by atoms with Gasteiger partial charge in [-0.15, -0.1) is 0 Å². The van der Waals surface area contributed by atoms with E-state index in [0.29, 0.717) is 0 Å². The van der Waals surface area contributed by atoms with Crippen molar-refractivity contribution in [1.29, 1.82) is 0 Å². The van der Waals surface area contributed by atoms with Crippen molar-refractivity contribution in [3.63, 3.8) is 0 Å². The minimum Gasteiger partial charge on any atom is -0.456 e. The second-order valence-corrected chi connectivity index (χ2v) is 16.8. The average Bonchev–Trinajstić information content (AvgIpc) is 3.75. The van der Waals surface area contributed by atoms with Gasteiger partial charge in [-0.2, -0.15) is 0 Å². The van der Waals surface area contributed by atoms with Crippen LogP contribution in [0.2, 0.25) is 5.54 Å². The third-order valence-electron chi connectivity index (χ3n) is 9.90. The number of unbranched alkanes of at least 4 members (excludes halogenated alkanes) is 11. The molecule has 2 heterocycles. The molecule has 1 saturated carbocycles. The third-order valence-corrected chi connectivity index (χ3v) is 11.8. The largest absolute Gasteiger partial charge is 0.456 e. The van der Waals surface area contributed by atoms with E-state index in [1.54, 1.807) is 0 Å². The number of ether oxygens (including phenoxy) is 2. The SMILES string of the molecule is CCCCCC(C)CCCCCCC(C)[SiH2]C1Oc2ccc(-c3ccc(CCCCCCCCCC4CC4)nc3)cc2O1. The Balaban J connectivity index is 1.06. The molecule has 0 bridgehead atoms. The lowest BCUT2D eigenvalue weighted by atomic mass is 9.96. The van der Waals surface area contributed by atoms with E-state index >= 15 is 0 Å². The highest BCUT2D eigenvalue weighted by Gasteiger charge is 2.26. The molecule has 2 aliphatic rings. The summed E-state index contributed by atoms with van der Waals surface area (Å²) in [5.41, 5.74) is 4.29. The van der Waals surface area contributed by atoms with Crippen molar-refractivity contribution in [2.75, 3.05) is 0 Å². The lowest BCUT2D eigenvalue weighted by Crippen LogP contribution is -2.28. The van der Waals surface area contributed by atoms with Crippen LogP contribution in [0.5, 0.6) is 11.5 Å². The first-order valence-corrected chi connectivity index (χ1v) is 20.2. The van der Waals surface area contributed by atoms with Gasteiger partial charge in [0.2, 0.25) is 5.91 Å². The molecule has 1 fully saturated rings. The van der Waals surface area contributed by atoms with Crippen molar-refractivity contribution < 1.29 is 9.47 Å². The predicted molar refractivity (Wildman–Crippen MR) is 187 cm³/mol. The van der Waals surface area contributed by atoms with E-state index in [1.165, 1.54) is 134 Å². The summed E-state index contributed by atoms with van der Waals surface area (Å²) in [4.78, 5) is 4.79. The number of hydrogen-bond donors (Lipinski definition) is 0. The van der Waals surface area contributed by atoms with E-state index in [-0.39, 0.29) is 5.91 Å². The topological polar surface area (TPSA) is 31.4 Å². The van der Waals surface area contributed by atoms with Gasteiger partial charge in [0.25, 0.3) is 0 Å². The molecule has 43 heavy (non-hydrogen) atoms. The van der Waals surface area contributed by atoms with Gasteiger partial charge in [0.1, 0.15) is 9.52 Å². The van der Waals surface area contributed by atoms with Crippen LogP contribution in [0.25, 0.3) is 11.1 Å². The first kappa shape index (κ1) is 34.1.